The number of anilines is 1. The number of piperidine rings is 1. The van der Waals surface area contributed by atoms with Crippen LogP contribution in [0.2, 0.25) is 0 Å². The van der Waals surface area contributed by atoms with Crippen LogP contribution in [-0.2, 0) is 29.0 Å². The molecule has 0 radical (unpaired) electrons. The number of methoxy groups -OCH3 is 1. The third-order valence-electron chi connectivity index (χ3n) is 5.50. The van der Waals surface area contributed by atoms with E-state index in [0.29, 0.717) is 18.0 Å². The van der Waals surface area contributed by atoms with Gasteiger partial charge in [-0.15, -0.1) is 36.2 Å². The van der Waals surface area contributed by atoms with Crippen molar-refractivity contribution >= 4 is 47.2 Å². The van der Waals surface area contributed by atoms with Crippen LogP contribution in [0, 0.1) is 0 Å². The second-order valence-corrected chi connectivity index (χ2v) is 8.32. The van der Waals surface area contributed by atoms with E-state index >= 15 is 0 Å². The highest BCUT2D eigenvalue weighted by Crippen LogP contribution is 2.31. The highest BCUT2D eigenvalue weighted by atomic mass is 35.5. The maximum absolute atomic E-state index is 12.8. The van der Waals surface area contributed by atoms with Crippen molar-refractivity contribution in [1.82, 2.24) is 15.2 Å². The largest absolute Gasteiger partial charge is 0.368 e. The van der Waals surface area contributed by atoms with Gasteiger partial charge in [0, 0.05) is 38.0 Å². The second-order valence-electron chi connectivity index (χ2n) is 7.24. The second kappa shape index (κ2) is 10.7. The average molecular weight is 459 g/mol. The van der Waals surface area contributed by atoms with Crippen LogP contribution in [0.3, 0.4) is 0 Å². The van der Waals surface area contributed by atoms with Crippen LogP contribution in [0.4, 0.5) is 5.13 Å². The molecular weight excluding hydrogens is 431 g/mol. The summed E-state index contributed by atoms with van der Waals surface area (Å²) in [4.78, 5) is 21.2. The molecule has 2 N–H and O–H groups in total. The van der Waals surface area contributed by atoms with E-state index in [9.17, 15) is 4.79 Å². The molecule has 0 spiro atoms. The van der Waals surface area contributed by atoms with E-state index in [0.717, 1.165) is 44.8 Å². The Balaban J connectivity index is 0.00000150. The minimum atomic E-state index is -0.739. The summed E-state index contributed by atoms with van der Waals surface area (Å²) in [5, 5.41) is 7.00. The molecule has 2 aromatic rings. The monoisotopic (exact) mass is 458 g/mol. The molecule has 3 heterocycles. The van der Waals surface area contributed by atoms with Gasteiger partial charge in [-0.2, -0.15) is 0 Å². The zero-order chi connectivity index (χ0) is 18.7. The van der Waals surface area contributed by atoms with Crippen molar-refractivity contribution in [1.29, 1.82) is 0 Å². The zero-order valence-corrected chi connectivity index (χ0v) is 18.9. The van der Waals surface area contributed by atoms with Crippen LogP contribution in [0.1, 0.15) is 29.0 Å². The van der Waals surface area contributed by atoms with E-state index in [-0.39, 0.29) is 30.7 Å². The van der Waals surface area contributed by atoms with E-state index in [4.69, 9.17) is 4.74 Å². The topological polar surface area (TPSA) is 66.5 Å². The van der Waals surface area contributed by atoms with Gasteiger partial charge in [-0.3, -0.25) is 15.0 Å². The lowest BCUT2D eigenvalue weighted by Crippen LogP contribution is -2.51. The zero-order valence-electron chi connectivity index (χ0n) is 16.5. The van der Waals surface area contributed by atoms with Crippen molar-refractivity contribution in [3.63, 3.8) is 0 Å². The first kappa shape index (κ1) is 24.1. The van der Waals surface area contributed by atoms with Crippen LogP contribution in [0.15, 0.2) is 30.3 Å². The highest BCUT2D eigenvalue weighted by molar-refractivity contribution is 7.15. The summed E-state index contributed by atoms with van der Waals surface area (Å²) < 4.78 is 5.61. The minimum absolute atomic E-state index is 0. The van der Waals surface area contributed by atoms with Crippen LogP contribution in [0.25, 0.3) is 0 Å². The summed E-state index contributed by atoms with van der Waals surface area (Å²) in [7, 11) is 1.62. The van der Waals surface area contributed by atoms with Crippen molar-refractivity contribution in [2.45, 2.75) is 38.0 Å². The first-order valence-electron chi connectivity index (χ1n) is 9.51. The molecule has 2 aliphatic heterocycles. The standard InChI is InChI=1S/C20H26N4O2S.2ClH/c1-26-20(8-10-21-11-9-20)18(25)23-19-22-16-7-12-24(14-17(16)27-19)13-15-5-3-2-4-6-15;;/h2-6,21H,7-14H2,1H3,(H,22,23,25);2*1H. The van der Waals surface area contributed by atoms with Crippen LogP contribution >= 0.6 is 36.2 Å². The molecule has 0 unspecified atom stereocenters. The predicted molar refractivity (Wildman–Crippen MR) is 121 cm³/mol. The lowest BCUT2D eigenvalue weighted by molar-refractivity contribution is -0.140. The Morgan fingerprint density at radius 1 is 1.28 bits per heavy atom. The predicted octanol–water partition coefficient (Wildman–Crippen LogP) is 3.25. The Labute approximate surface area is 188 Å². The Kier molecular flexibility index (Phi) is 8.88. The van der Waals surface area contributed by atoms with Gasteiger partial charge < -0.3 is 10.1 Å². The van der Waals surface area contributed by atoms with Crippen molar-refractivity contribution in [2.24, 2.45) is 0 Å². The van der Waals surface area contributed by atoms with Crippen molar-refractivity contribution < 1.29 is 9.53 Å². The smallest absolute Gasteiger partial charge is 0.258 e. The third kappa shape index (κ3) is 5.48. The summed E-state index contributed by atoms with van der Waals surface area (Å²) in [6, 6.07) is 10.5. The molecule has 1 fully saturated rings. The van der Waals surface area contributed by atoms with Gasteiger partial charge in [0.1, 0.15) is 5.60 Å². The fourth-order valence-corrected chi connectivity index (χ4v) is 4.89. The number of hydrogen-bond donors (Lipinski definition) is 2. The molecule has 0 atom stereocenters. The Bertz CT molecular complexity index is 797. The first-order valence-corrected chi connectivity index (χ1v) is 10.3. The van der Waals surface area contributed by atoms with E-state index in [1.54, 1.807) is 18.4 Å². The van der Waals surface area contributed by atoms with Gasteiger partial charge in [-0.25, -0.2) is 4.98 Å². The molecule has 0 aliphatic carbocycles. The number of nitrogens with one attached hydrogen (secondary N) is 2. The summed E-state index contributed by atoms with van der Waals surface area (Å²) in [5.74, 6) is -0.0706. The summed E-state index contributed by atoms with van der Waals surface area (Å²) >= 11 is 1.60. The van der Waals surface area contributed by atoms with Gasteiger partial charge in [0.25, 0.3) is 5.91 Å². The van der Waals surface area contributed by atoms with Crippen molar-refractivity contribution in [3.05, 3.63) is 46.5 Å². The van der Waals surface area contributed by atoms with E-state index in [2.05, 4.69) is 44.8 Å². The molecule has 6 nitrogen and oxygen atoms in total. The van der Waals surface area contributed by atoms with Crippen LogP contribution in [-0.4, -0.2) is 48.1 Å². The lowest BCUT2D eigenvalue weighted by atomic mass is 9.91. The van der Waals surface area contributed by atoms with Crippen LogP contribution in [0.5, 0.6) is 0 Å². The maximum Gasteiger partial charge on any atom is 0.258 e. The number of carbonyl (C=O) groups is 1. The van der Waals surface area contributed by atoms with Gasteiger partial charge in [0.15, 0.2) is 5.13 Å². The first-order chi connectivity index (χ1) is 13.2. The number of benzene rings is 1. The van der Waals surface area contributed by atoms with Gasteiger partial charge in [0.05, 0.1) is 5.69 Å². The number of thiazole rings is 1. The highest BCUT2D eigenvalue weighted by Gasteiger charge is 2.40. The Hall–Kier alpha value is -1.22. The van der Waals surface area contributed by atoms with E-state index in [1.165, 1.54) is 10.4 Å². The fourth-order valence-electron chi connectivity index (χ4n) is 3.84. The molecule has 29 heavy (non-hydrogen) atoms. The SMILES string of the molecule is COC1(C(=O)Nc2nc3c(s2)CN(Cc2ccccc2)CC3)CCNCC1.Cl.Cl. The van der Waals surface area contributed by atoms with Crippen molar-refractivity contribution in [3.8, 4) is 0 Å². The quantitative estimate of drug-likeness (QED) is 0.719. The third-order valence-corrected chi connectivity index (χ3v) is 6.49. The number of hydrogen-bond acceptors (Lipinski definition) is 6. The molecule has 1 amide bonds. The van der Waals surface area contributed by atoms with Gasteiger partial charge in [-0.1, -0.05) is 30.3 Å². The summed E-state index contributed by atoms with van der Waals surface area (Å²) in [5.41, 5.74) is 1.71. The molecular formula is C20H28Cl2N4O2S. The number of carbonyl (C=O) groups excluding carboxylic acids is 1. The summed E-state index contributed by atoms with van der Waals surface area (Å²) in [6.45, 7) is 4.41. The van der Waals surface area contributed by atoms with E-state index < -0.39 is 5.60 Å². The molecule has 0 bridgehead atoms. The van der Waals surface area contributed by atoms with Crippen LogP contribution < -0.4 is 10.6 Å². The lowest BCUT2D eigenvalue weighted by Gasteiger charge is -2.34. The number of fused-ring (bicyclic) bond motifs is 1. The van der Waals surface area contributed by atoms with Gasteiger partial charge in [-0.05, 0) is 31.5 Å². The molecule has 1 aromatic heterocycles. The summed E-state index contributed by atoms with van der Waals surface area (Å²) in [6.07, 6.45) is 2.30. The molecule has 1 aromatic carbocycles. The Morgan fingerprint density at radius 2 is 2.00 bits per heavy atom. The normalized spacial score (nSPS) is 18.1. The van der Waals surface area contributed by atoms with E-state index in [1.807, 2.05) is 6.07 Å². The molecule has 4 rings (SSSR count). The number of rotatable bonds is 5. The maximum atomic E-state index is 12.8. The average Bonchev–Trinajstić information content (AvgIpc) is 3.10. The number of amides is 1. The number of nitrogens with zero attached hydrogens (tertiary/aromatic N) is 2. The molecule has 1 saturated heterocycles. The Morgan fingerprint density at radius 3 is 2.69 bits per heavy atom. The number of aromatic nitrogens is 1. The molecule has 9 heteroatoms. The van der Waals surface area contributed by atoms with Gasteiger partial charge >= 0.3 is 0 Å². The molecule has 160 valence electrons. The number of ether oxygens (including phenoxy) is 1. The van der Waals surface area contributed by atoms with Gasteiger partial charge in [0.2, 0.25) is 0 Å². The number of halogens is 2. The minimum Gasteiger partial charge on any atom is -0.368 e. The molecule has 2 aliphatic rings. The molecule has 0 saturated carbocycles. The van der Waals surface area contributed by atoms with Crippen molar-refractivity contribution in [2.75, 3.05) is 32.1 Å². The fraction of sp³-hybridized carbons (Fsp3) is 0.500.